The maximum absolute atomic E-state index is 13.3. The number of ether oxygens (including phenoxy) is 2. The Balaban J connectivity index is 1.31. The summed E-state index contributed by atoms with van der Waals surface area (Å²) < 4.78 is 11.8. The second-order valence-electron chi connectivity index (χ2n) is 12.1. The fourth-order valence-corrected chi connectivity index (χ4v) is 6.58. The smallest absolute Gasteiger partial charge is 0.253 e. The van der Waals surface area contributed by atoms with Crippen LogP contribution >= 0.6 is 11.6 Å². The number of carbonyl (C=O) groups excluding carboxylic acids is 2. The number of amides is 2. The standard InChI is InChI=1S/C31H41ClN6O4/c1-30(2)28(31(3,4)29(30)42-23-9-7-21(18-33)24(32)17-23)36-27(40)22-8-10-25(35-19-22)38-12-6-11-37(13-14-38)15-16-41-20-26(39)34-5/h7-10,17,19,28-29H,6,11-16,20H2,1-5H3,(H,34,39)(H,36,40). The second kappa shape index (κ2) is 13.3. The Kier molecular flexibility index (Phi) is 9.97. The second-order valence-corrected chi connectivity index (χ2v) is 12.5. The maximum atomic E-state index is 13.3. The SMILES string of the molecule is CNC(=O)COCCN1CCCN(c2ccc(C(=O)NC3C(C)(C)C(Oc4ccc(C#N)c(Cl)c4)C3(C)C)cn2)CC1. The molecule has 0 atom stereocenters. The zero-order chi connectivity index (χ0) is 30.5. The highest BCUT2D eigenvalue weighted by Crippen LogP contribution is 2.55. The molecule has 2 N–H and O–H groups in total. The summed E-state index contributed by atoms with van der Waals surface area (Å²) in [6.07, 6.45) is 2.46. The third-order valence-electron chi connectivity index (χ3n) is 8.42. The minimum absolute atomic E-state index is 0.0817. The topological polar surface area (TPSA) is 120 Å². The first-order valence-corrected chi connectivity index (χ1v) is 14.7. The Morgan fingerprint density at radius 2 is 1.88 bits per heavy atom. The number of likely N-dealkylation sites (N-methyl/N-ethyl adjacent to an activating group) is 1. The minimum atomic E-state index is -0.349. The zero-order valence-corrected chi connectivity index (χ0v) is 25.8. The van der Waals surface area contributed by atoms with Crippen LogP contribution in [0.15, 0.2) is 36.5 Å². The van der Waals surface area contributed by atoms with Crippen molar-refractivity contribution < 1.29 is 19.1 Å². The normalized spacial score (nSPS) is 21.4. The number of aromatic nitrogens is 1. The summed E-state index contributed by atoms with van der Waals surface area (Å²) in [5, 5.41) is 15.3. The van der Waals surface area contributed by atoms with E-state index in [1.54, 1.807) is 31.4 Å². The van der Waals surface area contributed by atoms with E-state index in [4.69, 9.17) is 26.3 Å². The molecule has 0 unspecified atom stereocenters. The highest BCUT2D eigenvalue weighted by molar-refractivity contribution is 6.31. The molecule has 4 rings (SSSR count). The van der Waals surface area contributed by atoms with E-state index in [1.807, 2.05) is 12.1 Å². The predicted molar refractivity (Wildman–Crippen MR) is 162 cm³/mol. The monoisotopic (exact) mass is 596 g/mol. The molecule has 42 heavy (non-hydrogen) atoms. The lowest BCUT2D eigenvalue weighted by molar-refractivity contribution is -0.164. The Hall–Kier alpha value is -3.39. The molecule has 1 aliphatic heterocycles. The van der Waals surface area contributed by atoms with Crippen molar-refractivity contribution in [2.24, 2.45) is 10.8 Å². The van der Waals surface area contributed by atoms with Gasteiger partial charge in [-0.25, -0.2) is 4.98 Å². The maximum Gasteiger partial charge on any atom is 0.253 e. The van der Waals surface area contributed by atoms with E-state index in [2.05, 4.69) is 59.2 Å². The fourth-order valence-electron chi connectivity index (χ4n) is 6.37. The molecule has 2 fully saturated rings. The van der Waals surface area contributed by atoms with Gasteiger partial charge in [0.1, 0.15) is 30.3 Å². The van der Waals surface area contributed by atoms with E-state index in [-0.39, 0.29) is 41.4 Å². The summed E-state index contributed by atoms with van der Waals surface area (Å²) in [5.41, 5.74) is 0.217. The van der Waals surface area contributed by atoms with Crippen LogP contribution in [0.2, 0.25) is 5.02 Å². The van der Waals surface area contributed by atoms with Crippen molar-refractivity contribution in [1.82, 2.24) is 20.5 Å². The molecule has 0 radical (unpaired) electrons. The largest absolute Gasteiger partial charge is 0.489 e. The van der Waals surface area contributed by atoms with Gasteiger partial charge in [-0.15, -0.1) is 0 Å². The van der Waals surface area contributed by atoms with Gasteiger partial charge in [-0.05, 0) is 37.2 Å². The number of pyridine rings is 1. The molecular formula is C31H41ClN6O4. The van der Waals surface area contributed by atoms with E-state index in [9.17, 15) is 9.59 Å². The van der Waals surface area contributed by atoms with Crippen molar-refractivity contribution in [2.75, 3.05) is 57.9 Å². The van der Waals surface area contributed by atoms with Crippen molar-refractivity contribution in [3.63, 3.8) is 0 Å². The van der Waals surface area contributed by atoms with Crippen LogP contribution in [-0.2, 0) is 9.53 Å². The summed E-state index contributed by atoms with van der Waals surface area (Å²) in [4.78, 5) is 33.8. The van der Waals surface area contributed by atoms with E-state index in [1.165, 1.54) is 0 Å². The van der Waals surface area contributed by atoms with E-state index in [0.29, 0.717) is 28.5 Å². The van der Waals surface area contributed by atoms with Gasteiger partial charge in [0.2, 0.25) is 5.91 Å². The van der Waals surface area contributed by atoms with Crippen molar-refractivity contribution in [1.29, 1.82) is 5.26 Å². The number of nitriles is 1. The fraction of sp³-hybridized carbons (Fsp3) is 0.548. The first-order valence-electron chi connectivity index (χ1n) is 14.4. The van der Waals surface area contributed by atoms with Crippen LogP contribution in [0.4, 0.5) is 5.82 Å². The first kappa shape index (κ1) is 31.5. The third-order valence-corrected chi connectivity index (χ3v) is 8.73. The molecule has 2 amide bonds. The number of halogens is 1. The minimum Gasteiger partial charge on any atom is -0.489 e. The molecule has 1 aromatic heterocycles. The van der Waals surface area contributed by atoms with Crippen molar-refractivity contribution in [2.45, 2.75) is 46.3 Å². The molecule has 2 aliphatic rings. The van der Waals surface area contributed by atoms with Crippen LogP contribution in [0.3, 0.4) is 0 Å². The van der Waals surface area contributed by atoms with Gasteiger partial charge in [0.15, 0.2) is 0 Å². The van der Waals surface area contributed by atoms with Crippen LogP contribution < -0.4 is 20.3 Å². The van der Waals surface area contributed by atoms with Gasteiger partial charge in [-0.1, -0.05) is 39.3 Å². The number of nitrogens with one attached hydrogen (secondary N) is 2. The molecule has 11 heteroatoms. The summed E-state index contributed by atoms with van der Waals surface area (Å²) >= 11 is 6.21. The molecule has 2 heterocycles. The third kappa shape index (κ3) is 6.97. The molecule has 0 spiro atoms. The molecule has 1 saturated carbocycles. The quantitative estimate of drug-likeness (QED) is 0.400. The highest BCUT2D eigenvalue weighted by atomic mass is 35.5. The van der Waals surface area contributed by atoms with E-state index >= 15 is 0 Å². The van der Waals surface area contributed by atoms with Gasteiger partial charge in [-0.2, -0.15) is 5.26 Å². The molecule has 226 valence electrons. The van der Waals surface area contributed by atoms with Crippen molar-refractivity contribution in [3.8, 4) is 11.8 Å². The Morgan fingerprint density at radius 3 is 2.52 bits per heavy atom. The number of rotatable bonds is 10. The molecular weight excluding hydrogens is 556 g/mol. The van der Waals surface area contributed by atoms with Gasteiger partial charge >= 0.3 is 0 Å². The summed E-state index contributed by atoms with van der Waals surface area (Å²) in [5.74, 6) is 1.16. The predicted octanol–water partition coefficient (Wildman–Crippen LogP) is 3.49. The highest BCUT2D eigenvalue weighted by Gasteiger charge is 2.64. The van der Waals surface area contributed by atoms with Gasteiger partial charge in [0.25, 0.3) is 5.91 Å². The molecule has 2 aromatic rings. The zero-order valence-electron chi connectivity index (χ0n) is 25.1. The lowest BCUT2D eigenvalue weighted by Gasteiger charge is -2.63. The van der Waals surface area contributed by atoms with Crippen LogP contribution in [0.1, 0.15) is 50.0 Å². The molecule has 0 bridgehead atoms. The molecule has 1 aromatic carbocycles. The summed E-state index contributed by atoms with van der Waals surface area (Å²) in [6, 6.07) is 10.7. The summed E-state index contributed by atoms with van der Waals surface area (Å²) in [6.45, 7) is 13.2. The number of nitrogens with zero attached hydrogens (tertiary/aromatic N) is 4. The van der Waals surface area contributed by atoms with Crippen LogP contribution in [-0.4, -0.2) is 86.8 Å². The Bertz CT molecular complexity index is 1290. The number of anilines is 1. The van der Waals surface area contributed by atoms with Crippen LogP contribution in [0.25, 0.3) is 0 Å². The molecule has 10 nitrogen and oxygen atoms in total. The number of hydrogen-bond donors (Lipinski definition) is 2. The molecule has 1 aliphatic carbocycles. The van der Waals surface area contributed by atoms with E-state index in [0.717, 1.165) is 45.0 Å². The van der Waals surface area contributed by atoms with Gasteiger partial charge in [0.05, 0.1) is 22.8 Å². The number of hydrogen-bond acceptors (Lipinski definition) is 8. The van der Waals surface area contributed by atoms with Crippen molar-refractivity contribution >= 4 is 29.2 Å². The van der Waals surface area contributed by atoms with Crippen LogP contribution in [0, 0.1) is 22.2 Å². The lowest BCUT2D eigenvalue weighted by Crippen LogP contribution is -2.74. The Morgan fingerprint density at radius 1 is 1.12 bits per heavy atom. The van der Waals surface area contributed by atoms with E-state index < -0.39 is 0 Å². The van der Waals surface area contributed by atoms with Gasteiger partial charge in [0, 0.05) is 62.4 Å². The van der Waals surface area contributed by atoms with Gasteiger partial charge < -0.3 is 25.0 Å². The number of carbonyl (C=O) groups is 2. The first-order chi connectivity index (χ1) is 20.0. The van der Waals surface area contributed by atoms with Crippen LogP contribution in [0.5, 0.6) is 5.75 Å². The summed E-state index contributed by atoms with van der Waals surface area (Å²) in [7, 11) is 1.60. The number of benzene rings is 1. The average molecular weight is 597 g/mol. The van der Waals surface area contributed by atoms with Gasteiger partial charge in [-0.3, -0.25) is 14.5 Å². The molecule has 1 saturated heterocycles. The Labute approximate surface area is 253 Å². The average Bonchev–Trinajstić information content (AvgIpc) is 3.22. The lowest BCUT2D eigenvalue weighted by atomic mass is 9.49. The van der Waals surface area contributed by atoms with Crippen molar-refractivity contribution in [3.05, 3.63) is 52.7 Å².